The highest BCUT2D eigenvalue weighted by Gasteiger charge is 2.62. The van der Waals surface area contributed by atoms with E-state index in [1.165, 1.54) is 0 Å². The average Bonchev–Trinajstić information content (AvgIpc) is 2.98. The predicted molar refractivity (Wildman–Crippen MR) is 89.0 cm³/mol. The summed E-state index contributed by atoms with van der Waals surface area (Å²) in [6.07, 6.45) is 7.66. The van der Waals surface area contributed by atoms with Crippen molar-refractivity contribution in [1.82, 2.24) is 20.1 Å². The fourth-order valence-electron chi connectivity index (χ4n) is 4.17. The number of urea groups is 1. The second-order valence-corrected chi connectivity index (χ2v) is 7.34. The van der Waals surface area contributed by atoms with Crippen LogP contribution in [0.2, 0.25) is 0 Å². The Morgan fingerprint density at radius 3 is 2.83 bits per heavy atom. The maximum Gasteiger partial charge on any atom is 0.317 e. The van der Waals surface area contributed by atoms with E-state index in [4.69, 9.17) is 0 Å². The topological polar surface area (TPSA) is 65.5 Å². The van der Waals surface area contributed by atoms with Crippen LogP contribution in [0.25, 0.3) is 0 Å². The minimum Gasteiger partial charge on any atom is -0.342 e. The quantitative estimate of drug-likeness (QED) is 0.917. The molecule has 3 fully saturated rings. The van der Waals surface area contributed by atoms with E-state index in [1.54, 1.807) is 12.4 Å². The smallest absolute Gasteiger partial charge is 0.317 e. The molecule has 0 aromatic carbocycles. The van der Waals surface area contributed by atoms with Crippen molar-refractivity contribution >= 4 is 11.9 Å². The molecule has 0 radical (unpaired) electrons. The van der Waals surface area contributed by atoms with Crippen LogP contribution in [0.15, 0.2) is 24.5 Å². The normalized spacial score (nSPS) is 28.4. The summed E-state index contributed by atoms with van der Waals surface area (Å²) in [6.45, 7) is 3.80. The molecular weight excluding hydrogens is 304 g/mol. The molecule has 1 aliphatic carbocycles. The van der Waals surface area contributed by atoms with Gasteiger partial charge >= 0.3 is 6.03 Å². The van der Waals surface area contributed by atoms with Gasteiger partial charge in [-0.05, 0) is 37.3 Å². The molecule has 24 heavy (non-hydrogen) atoms. The van der Waals surface area contributed by atoms with Crippen molar-refractivity contribution in [3.8, 4) is 0 Å². The number of hydrogen-bond acceptors (Lipinski definition) is 3. The zero-order valence-electron chi connectivity index (χ0n) is 13.9. The zero-order chi connectivity index (χ0) is 16.6. The summed E-state index contributed by atoms with van der Waals surface area (Å²) < 4.78 is 0. The van der Waals surface area contributed by atoms with E-state index in [9.17, 15) is 9.59 Å². The summed E-state index contributed by atoms with van der Waals surface area (Å²) in [5, 5.41) is 2.96. The lowest BCUT2D eigenvalue weighted by molar-refractivity contribution is -0.132. The van der Waals surface area contributed by atoms with E-state index < -0.39 is 0 Å². The molecule has 2 aliphatic heterocycles. The van der Waals surface area contributed by atoms with Gasteiger partial charge in [0.1, 0.15) is 0 Å². The molecule has 3 amide bonds. The Bertz CT molecular complexity index is 629. The molecular formula is C18H24N4O2. The van der Waals surface area contributed by atoms with Gasteiger partial charge in [-0.1, -0.05) is 6.07 Å². The van der Waals surface area contributed by atoms with Crippen molar-refractivity contribution in [2.75, 3.05) is 26.2 Å². The van der Waals surface area contributed by atoms with Crippen LogP contribution in [0.4, 0.5) is 4.79 Å². The standard InChI is InChI=1S/C18H24N4O2/c23-16(21-7-1-2-8-21)15-10-18(15)5-9-22(13-18)17(24)20-12-14-4-3-6-19-11-14/h3-4,6,11,15H,1-2,5,7-10,12-13H2,(H,20,24). The third kappa shape index (κ3) is 2.85. The average molecular weight is 328 g/mol. The van der Waals surface area contributed by atoms with E-state index in [0.717, 1.165) is 57.4 Å². The molecule has 128 valence electrons. The Labute approximate surface area is 142 Å². The van der Waals surface area contributed by atoms with E-state index >= 15 is 0 Å². The van der Waals surface area contributed by atoms with Crippen LogP contribution in [0, 0.1) is 11.3 Å². The first-order valence-corrected chi connectivity index (χ1v) is 8.88. The zero-order valence-corrected chi connectivity index (χ0v) is 13.9. The highest BCUT2D eigenvalue weighted by molar-refractivity contribution is 5.83. The van der Waals surface area contributed by atoms with E-state index in [0.29, 0.717) is 12.5 Å². The molecule has 6 nitrogen and oxygen atoms in total. The van der Waals surface area contributed by atoms with Gasteiger partial charge in [-0.2, -0.15) is 0 Å². The Balaban J connectivity index is 1.29. The lowest BCUT2D eigenvalue weighted by atomic mass is 10.0. The van der Waals surface area contributed by atoms with Crippen LogP contribution >= 0.6 is 0 Å². The first-order chi connectivity index (χ1) is 11.7. The van der Waals surface area contributed by atoms with Gasteiger partial charge in [0.25, 0.3) is 0 Å². The number of hydrogen-bond donors (Lipinski definition) is 1. The van der Waals surface area contributed by atoms with Crippen LogP contribution in [0.3, 0.4) is 0 Å². The van der Waals surface area contributed by atoms with Crippen molar-refractivity contribution in [2.45, 2.75) is 32.2 Å². The molecule has 2 unspecified atom stereocenters. The highest BCUT2D eigenvalue weighted by Crippen LogP contribution is 2.59. The van der Waals surface area contributed by atoms with Gasteiger partial charge < -0.3 is 15.1 Å². The first-order valence-electron chi connectivity index (χ1n) is 8.88. The first kappa shape index (κ1) is 15.4. The maximum absolute atomic E-state index is 12.6. The minimum absolute atomic E-state index is 0.0324. The van der Waals surface area contributed by atoms with Gasteiger partial charge in [-0.25, -0.2) is 4.79 Å². The summed E-state index contributed by atoms with van der Waals surface area (Å²) >= 11 is 0. The van der Waals surface area contributed by atoms with Crippen molar-refractivity contribution < 1.29 is 9.59 Å². The molecule has 4 rings (SSSR count). The molecule has 2 saturated heterocycles. The van der Waals surface area contributed by atoms with Crippen LogP contribution in [-0.2, 0) is 11.3 Å². The predicted octanol–water partition coefficient (Wildman–Crippen LogP) is 1.63. The molecule has 1 spiro atoms. The summed E-state index contributed by atoms with van der Waals surface area (Å²) in [7, 11) is 0. The third-order valence-electron chi connectivity index (χ3n) is 5.74. The van der Waals surface area contributed by atoms with Gasteiger partial charge in [-0.3, -0.25) is 9.78 Å². The van der Waals surface area contributed by atoms with Gasteiger partial charge in [-0.15, -0.1) is 0 Å². The van der Waals surface area contributed by atoms with Crippen LogP contribution in [0.1, 0.15) is 31.2 Å². The number of carbonyl (C=O) groups is 2. The van der Waals surface area contributed by atoms with Crippen molar-refractivity contribution in [3.63, 3.8) is 0 Å². The van der Waals surface area contributed by atoms with Crippen molar-refractivity contribution in [2.24, 2.45) is 11.3 Å². The number of nitrogens with one attached hydrogen (secondary N) is 1. The fourth-order valence-corrected chi connectivity index (χ4v) is 4.17. The van der Waals surface area contributed by atoms with Crippen LogP contribution in [0.5, 0.6) is 0 Å². The number of aromatic nitrogens is 1. The van der Waals surface area contributed by atoms with Crippen LogP contribution < -0.4 is 5.32 Å². The van der Waals surface area contributed by atoms with Gasteiger partial charge in [0, 0.05) is 56.5 Å². The van der Waals surface area contributed by atoms with Gasteiger partial charge in [0.15, 0.2) is 0 Å². The third-order valence-corrected chi connectivity index (χ3v) is 5.74. The monoisotopic (exact) mass is 328 g/mol. The molecule has 1 N–H and O–H groups in total. The van der Waals surface area contributed by atoms with E-state index in [-0.39, 0.29) is 17.4 Å². The van der Waals surface area contributed by atoms with E-state index in [1.807, 2.05) is 21.9 Å². The molecule has 1 saturated carbocycles. The number of pyridine rings is 1. The van der Waals surface area contributed by atoms with Crippen molar-refractivity contribution in [3.05, 3.63) is 30.1 Å². The second kappa shape index (κ2) is 6.07. The lowest BCUT2D eigenvalue weighted by Gasteiger charge is -2.19. The second-order valence-electron chi connectivity index (χ2n) is 7.34. The maximum atomic E-state index is 12.6. The Hall–Kier alpha value is -2.11. The molecule has 3 aliphatic rings. The Kier molecular flexibility index (Phi) is 3.90. The largest absolute Gasteiger partial charge is 0.342 e. The minimum atomic E-state index is -0.0324. The molecule has 1 aromatic heterocycles. The molecule has 6 heteroatoms. The SMILES string of the molecule is O=C(NCc1cccnc1)N1CCC2(CC2C(=O)N2CCCC2)C1. The molecule has 0 bridgehead atoms. The fraction of sp³-hybridized carbons (Fsp3) is 0.611. The van der Waals surface area contributed by atoms with E-state index in [2.05, 4.69) is 10.3 Å². The number of nitrogens with zero attached hydrogens (tertiary/aromatic N) is 3. The molecule has 3 heterocycles. The number of rotatable bonds is 3. The number of carbonyl (C=O) groups excluding carboxylic acids is 2. The summed E-state index contributed by atoms with van der Waals surface area (Å²) in [4.78, 5) is 32.9. The molecule has 1 aromatic rings. The Morgan fingerprint density at radius 2 is 2.08 bits per heavy atom. The highest BCUT2D eigenvalue weighted by atomic mass is 16.2. The summed E-state index contributed by atoms with van der Waals surface area (Å²) in [6, 6.07) is 3.78. The summed E-state index contributed by atoms with van der Waals surface area (Å²) in [5.41, 5.74) is 1.05. The number of amides is 3. The van der Waals surface area contributed by atoms with Crippen LogP contribution in [-0.4, -0.2) is 52.9 Å². The summed E-state index contributed by atoms with van der Waals surface area (Å²) in [5.74, 6) is 0.469. The lowest BCUT2D eigenvalue weighted by Crippen LogP contribution is -2.38. The van der Waals surface area contributed by atoms with Crippen molar-refractivity contribution in [1.29, 1.82) is 0 Å². The molecule has 2 atom stereocenters. The number of likely N-dealkylation sites (tertiary alicyclic amines) is 2. The Morgan fingerprint density at radius 1 is 1.25 bits per heavy atom. The van der Waals surface area contributed by atoms with Gasteiger partial charge in [0.05, 0.1) is 0 Å². The van der Waals surface area contributed by atoms with Gasteiger partial charge in [0.2, 0.25) is 5.91 Å².